The van der Waals surface area contributed by atoms with Crippen LogP contribution in [0.2, 0.25) is 0 Å². The number of carbonyl (C=O) groups excluding carboxylic acids is 1. The number of likely N-dealkylation sites (N-methyl/N-ethyl adjacent to an activating group) is 1. The number of benzene rings is 2. The lowest BCUT2D eigenvalue weighted by atomic mass is 9.87. The van der Waals surface area contributed by atoms with E-state index in [-0.39, 0.29) is 42.8 Å². The van der Waals surface area contributed by atoms with Crippen LogP contribution >= 0.6 is 0 Å². The number of hydrogen-bond donors (Lipinski definition) is 1. The minimum atomic E-state index is -0.946. The second-order valence-corrected chi connectivity index (χ2v) is 12.7. The van der Waals surface area contributed by atoms with Gasteiger partial charge in [-0.3, -0.25) is 9.69 Å². The molecular weight excluding hydrogens is 554 g/mol. The number of aliphatic hydroxyl groups is 1. The average Bonchev–Trinajstić information content (AvgIpc) is 3.38. The summed E-state index contributed by atoms with van der Waals surface area (Å²) in [5.74, 6) is -0.00800. The van der Waals surface area contributed by atoms with Gasteiger partial charge in [0.1, 0.15) is 6.10 Å². The van der Waals surface area contributed by atoms with Crippen molar-refractivity contribution in [3.8, 4) is 0 Å². The maximum atomic E-state index is 11.8. The second-order valence-electron chi connectivity index (χ2n) is 12.7. The molecule has 1 aliphatic rings. The van der Waals surface area contributed by atoms with E-state index in [2.05, 4.69) is 50.1 Å². The molecule has 0 radical (unpaired) electrons. The van der Waals surface area contributed by atoms with Crippen molar-refractivity contribution < 1.29 is 28.8 Å². The molecule has 0 bridgehead atoms. The summed E-state index contributed by atoms with van der Waals surface area (Å²) in [5.41, 5.74) is 1.30. The van der Waals surface area contributed by atoms with Crippen molar-refractivity contribution in [1.29, 1.82) is 0 Å². The Labute approximate surface area is 266 Å². The van der Waals surface area contributed by atoms with Crippen LogP contribution < -0.4 is 0 Å². The molecule has 1 fully saturated rings. The number of carbonyl (C=O) groups is 1. The van der Waals surface area contributed by atoms with Crippen LogP contribution in [0.25, 0.3) is 0 Å². The van der Waals surface area contributed by atoms with Crippen LogP contribution in [-0.2, 0) is 37.0 Å². The summed E-state index contributed by atoms with van der Waals surface area (Å²) in [4.78, 5) is 14.1. The molecule has 0 aliphatic heterocycles. The van der Waals surface area contributed by atoms with Crippen molar-refractivity contribution in [1.82, 2.24) is 4.90 Å². The average molecular weight is 612 g/mol. The van der Waals surface area contributed by atoms with Gasteiger partial charge in [0.2, 0.25) is 0 Å². The molecule has 3 rings (SSSR count). The fourth-order valence-corrected chi connectivity index (χ4v) is 5.98. The van der Waals surface area contributed by atoms with Crippen LogP contribution in [0.5, 0.6) is 0 Å². The first-order chi connectivity index (χ1) is 21.2. The number of unbranched alkanes of at least 4 members (excludes halogenated alkanes) is 3. The smallest absolute Gasteiger partial charge is 0.305 e. The summed E-state index contributed by atoms with van der Waals surface area (Å²) in [6, 6.07) is 20.4. The van der Waals surface area contributed by atoms with Crippen LogP contribution in [-0.4, -0.2) is 72.7 Å². The number of ether oxygens (including phenoxy) is 4. The molecule has 246 valence electrons. The Bertz CT molecular complexity index is 1050. The first kappa shape index (κ1) is 36.2. The normalized spacial score (nSPS) is 22.2. The van der Waals surface area contributed by atoms with Crippen molar-refractivity contribution in [3.63, 3.8) is 0 Å². The molecular formula is C37H57NO6. The maximum absolute atomic E-state index is 11.8. The van der Waals surface area contributed by atoms with Crippen molar-refractivity contribution >= 4 is 5.97 Å². The van der Waals surface area contributed by atoms with E-state index in [0.29, 0.717) is 32.7 Å². The van der Waals surface area contributed by atoms with Gasteiger partial charge in [0.15, 0.2) is 0 Å². The first-order valence-corrected chi connectivity index (χ1v) is 16.8. The highest BCUT2D eigenvalue weighted by molar-refractivity contribution is 5.69. The van der Waals surface area contributed by atoms with Gasteiger partial charge >= 0.3 is 5.97 Å². The largest absolute Gasteiger partial charge is 0.466 e. The van der Waals surface area contributed by atoms with Crippen LogP contribution in [0.4, 0.5) is 0 Å². The van der Waals surface area contributed by atoms with Gasteiger partial charge < -0.3 is 24.1 Å². The van der Waals surface area contributed by atoms with Crippen LogP contribution in [0.1, 0.15) is 90.2 Å². The Morgan fingerprint density at radius 1 is 0.909 bits per heavy atom. The van der Waals surface area contributed by atoms with E-state index >= 15 is 0 Å². The zero-order valence-corrected chi connectivity index (χ0v) is 27.8. The van der Waals surface area contributed by atoms with Gasteiger partial charge in [-0.15, -0.1) is 0 Å². The highest BCUT2D eigenvalue weighted by atomic mass is 16.6. The quantitative estimate of drug-likeness (QED) is 0.121. The lowest BCUT2D eigenvalue weighted by molar-refractivity contribution is -0.143. The third kappa shape index (κ3) is 11.9. The van der Waals surface area contributed by atoms with Gasteiger partial charge in [0.05, 0.1) is 50.3 Å². The molecule has 0 amide bonds. The second kappa shape index (κ2) is 19.3. The fourth-order valence-electron chi connectivity index (χ4n) is 5.98. The van der Waals surface area contributed by atoms with Gasteiger partial charge in [-0.25, -0.2) is 0 Å². The molecule has 0 aromatic heterocycles. The monoisotopic (exact) mass is 611 g/mol. The van der Waals surface area contributed by atoms with E-state index in [9.17, 15) is 9.90 Å². The predicted octanol–water partition coefficient (Wildman–Crippen LogP) is 6.95. The van der Waals surface area contributed by atoms with E-state index < -0.39 is 5.60 Å². The van der Waals surface area contributed by atoms with Crippen LogP contribution in [0.15, 0.2) is 60.7 Å². The summed E-state index contributed by atoms with van der Waals surface area (Å²) in [6.07, 6.45) is 6.45. The SMILES string of the molecule is CCCCC(C)C(C)(O)CO[C@H]1[C@H](N(C)CCCCCC(=O)OCC)[C@@H](OCc2ccccc2)C[C@H]1OCc1ccccc1. The number of hydrogen-bond acceptors (Lipinski definition) is 7. The zero-order chi connectivity index (χ0) is 31.8. The number of rotatable bonds is 21. The minimum absolute atomic E-state index is 0.0497. The highest BCUT2D eigenvalue weighted by Gasteiger charge is 2.48. The molecule has 2 aromatic carbocycles. The Balaban J connectivity index is 1.76. The Kier molecular flexibility index (Phi) is 15.8. The van der Waals surface area contributed by atoms with Crippen LogP contribution in [0, 0.1) is 5.92 Å². The minimum Gasteiger partial charge on any atom is -0.466 e. The number of nitrogens with zero attached hydrogens (tertiary/aromatic N) is 1. The molecule has 44 heavy (non-hydrogen) atoms. The van der Waals surface area contributed by atoms with E-state index in [1.807, 2.05) is 50.2 Å². The standard InChI is InChI=1S/C37H57NO6/c1-6-8-18-29(3)37(4,40)28-44-36-33(43-27-31-21-14-10-15-22-31)25-32(42-26-30-19-12-9-13-20-30)35(36)38(5)24-17-11-16-23-34(39)41-7-2/h9-10,12-15,19-22,29,32-33,35-36,40H,6-8,11,16-18,23-28H2,1-5H3/t29?,32-,33+,35+,36+,37?/m0/s1. The molecule has 1 aliphatic carbocycles. The van der Waals surface area contributed by atoms with Gasteiger partial charge in [-0.2, -0.15) is 0 Å². The molecule has 0 saturated heterocycles. The van der Waals surface area contributed by atoms with Crippen molar-refractivity contribution in [2.75, 3.05) is 26.8 Å². The first-order valence-electron chi connectivity index (χ1n) is 16.8. The van der Waals surface area contributed by atoms with Gasteiger partial charge in [-0.1, -0.05) is 93.8 Å². The summed E-state index contributed by atoms with van der Waals surface area (Å²) in [5, 5.41) is 11.4. The van der Waals surface area contributed by atoms with Crippen molar-refractivity contribution in [2.45, 2.75) is 122 Å². The summed E-state index contributed by atoms with van der Waals surface area (Å²) in [7, 11) is 2.13. The lowest BCUT2D eigenvalue weighted by Crippen LogP contribution is -2.50. The summed E-state index contributed by atoms with van der Waals surface area (Å²) >= 11 is 0. The van der Waals surface area contributed by atoms with E-state index in [0.717, 1.165) is 56.2 Å². The molecule has 0 heterocycles. The molecule has 7 heteroatoms. The number of esters is 1. The van der Waals surface area contributed by atoms with Crippen molar-refractivity contribution in [2.24, 2.45) is 5.92 Å². The van der Waals surface area contributed by atoms with E-state index in [1.54, 1.807) is 0 Å². The fraction of sp³-hybridized carbons (Fsp3) is 0.649. The Morgan fingerprint density at radius 2 is 1.52 bits per heavy atom. The molecule has 2 aromatic rings. The zero-order valence-electron chi connectivity index (χ0n) is 27.8. The summed E-state index contributed by atoms with van der Waals surface area (Å²) < 4.78 is 25.0. The molecule has 1 saturated carbocycles. The third-order valence-electron chi connectivity index (χ3n) is 8.99. The molecule has 1 N–H and O–H groups in total. The third-order valence-corrected chi connectivity index (χ3v) is 8.99. The molecule has 6 atom stereocenters. The van der Waals surface area contributed by atoms with Gasteiger partial charge in [0, 0.05) is 12.8 Å². The van der Waals surface area contributed by atoms with Gasteiger partial charge in [-0.05, 0) is 63.7 Å². The maximum Gasteiger partial charge on any atom is 0.305 e. The Hall–Kier alpha value is -2.29. The van der Waals surface area contributed by atoms with Gasteiger partial charge in [0.25, 0.3) is 0 Å². The predicted molar refractivity (Wildman–Crippen MR) is 175 cm³/mol. The topological polar surface area (TPSA) is 77.5 Å². The lowest BCUT2D eigenvalue weighted by Gasteiger charge is -2.37. The van der Waals surface area contributed by atoms with Crippen molar-refractivity contribution in [3.05, 3.63) is 71.8 Å². The summed E-state index contributed by atoms with van der Waals surface area (Å²) in [6.45, 7) is 10.5. The van der Waals surface area contributed by atoms with Crippen LogP contribution in [0.3, 0.4) is 0 Å². The molecule has 2 unspecified atom stereocenters. The van der Waals surface area contributed by atoms with E-state index in [4.69, 9.17) is 18.9 Å². The molecule has 0 spiro atoms. The van der Waals surface area contributed by atoms with E-state index in [1.165, 1.54) is 0 Å². The molecule has 7 nitrogen and oxygen atoms in total. The Morgan fingerprint density at radius 3 is 2.11 bits per heavy atom. The highest BCUT2D eigenvalue weighted by Crippen LogP contribution is 2.35.